The summed E-state index contributed by atoms with van der Waals surface area (Å²) in [4.78, 5) is 13.4. The molecule has 0 fully saturated rings. The third kappa shape index (κ3) is 2.05. The molecule has 1 amide bonds. The summed E-state index contributed by atoms with van der Waals surface area (Å²) in [6.45, 7) is 3.56. The highest BCUT2D eigenvalue weighted by Crippen LogP contribution is 2.37. The van der Waals surface area contributed by atoms with Crippen molar-refractivity contribution < 1.29 is 9.18 Å². The summed E-state index contributed by atoms with van der Waals surface area (Å²) in [6.07, 6.45) is 0.798. The van der Waals surface area contributed by atoms with Crippen molar-refractivity contribution in [2.75, 3.05) is 11.9 Å². The summed E-state index contributed by atoms with van der Waals surface area (Å²) in [5, 5.41) is 3.17. The van der Waals surface area contributed by atoms with Gasteiger partial charge in [-0.1, -0.05) is 0 Å². The predicted molar refractivity (Wildman–Crippen MR) is 65.4 cm³/mol. The second kappa shape index (κ2) is 4.45. The SMILES string of the molecule is CNC1CC(C)N(C(C)=O)c2ccc(F)cc21. The molecule has 1 N–H and O–H groups in total. The zero-order valence-corrected chi connectivity index (χ0v) is 10.3. The Morgan fingerprint density at radius 3 is 2.82 bits per heavy atom. The first-order valence-corrected chi connectivity index (χ1v) is 5.81. The summed E-state index contributed by atoms with van der Waals surface area (Å²) >= 11 is 0. The minimum Gasteiger partial charge on any atom is -0.313 e. The normalized spacial score (nSPS) is 23.4. The number of amides is 1. The van der Waals surface area contributed by atoms with Crippen LogP contribution < -0.4 is 10.2 Å². The van der Waals surface area contributed by atoms with Crippen LogP contribution in [-0.4, -0.2) is 19.0 Å². The predicted octanol–water partition coefficient (Wildman–Crippen LogP) is 2.23. The molecule has 1 aromatic carbocycles. The molecule has 4 heteroatoms. The molecule has 1 aliphatic rings. The van der Waals surface area contributed by atoms with Crippen LogP contribution in [0.25, 0.3) is 0 Å². The Balaban J connectivity index is 2.54. The van der Waals surface area contributed by atoms with Gasteiger partial charge in [-0.05, 0) is 44.2 Å². The maximum atomic E-state index is 13.3. The van der Waals surface area contributed by atoms with Gasteiger partial charge in [0.2, 0.25) is 5.91 Å². The molecule has 0 aliphatic carbocycles. The second-order valence-electron chi connectivity index (χ2n) is 4.52. The van der Waals surface area contributed by atoms with E-state index >= 15 is 0 Å². The van der Waals surface area contributed by atoms with Gasteiger partial charge in [-0.15, -0.1) is 0 Å². The first-order valence-electron chi connectivity index (χ1n) is 5.81. The van der Waals surface area contributed by atoms with Crippen LogP contribution in [0.4, 0.5) is 10.1 Å². The van der Waals surface area contributed by atoms with Crippen LogP contribution in [0.3, 0.4) is 0 Å². The number of benzene rings is 1. The minimum absolute atomic E-state index is 0.0000822. The Morgan fingerprint density at radius 2 is 2.24 bits per heavy atom. The molecule has 0 aromatic heterocycles. The van der Waals surface area contributed by atoms with E-state index in [1.54, 1.807) is 17.9 Å². The summed E-state index contributed by atoms with van der Waals surface area (Å²) in [5.74, 6) is -0.262. The Morgan fingerprint density at radius 1 is 1.53 bits per heavy atom. The fourth-order valence-electron chi connectivity index (χ4n) is 2.59. The van der Waals surface area contributed by atoms with Gasteiger partial charge in [0.05, 0.1) is 0 Å². The third-order valence-electron chi connectivity index (χ3n) is 3.33. The number of halogens is 1. The van der Waals surface area contributed by atoms with E-state index in [1.165, 1.54) is 12.1 Å². The van der Waals surface area contributed by atoms with Gasteiger partial charge in [-0.3, -0.25) is 4.79 Å². The highest BCUT2D eigenvalue weighted by atomic mass is 19.1. The smallest absolute Gasteiger partial charge is 0.224 e. The molecule has 92 valence electrons. The standard InChI is InChI=1S/C13H17FN2O/c1-8-6-12(15-3)11-7-10(14)4-5-13(11)16(8)9(2)17/h4-5,7-8,12,15H,6H2,1-3H3. The van der Waals surface area contributed by atoms with Crippen molar-refractivity contribution in [2.45, 2.75) is 32.4 Å². The topological polar surface area (TPSA) is 32.3 Å². The van der Waals surface area contributed by atoms with Crippen LogP contribution in [0.15, 0.2) is 18.2 Å². The van der Waals surface area contributed by atoms with Gasteiger partial charge in [-0.25, -0.2) is 4.39 Å². The molecule has 2 atom stereocenters. The highest BCUT2D eigenvalue weighted by molar-refractivity contribution is 5.93. The van der Waals surface area contributed by atoms with Gasteiger partial charge in [0.1, 0.15) is 5.82 Å². The molecule has 0 bridgehead atoms. The van der Waals surface area contributed by atoms with Crippen LogP contribution >= 0.6 is 0 Å². The molecular formula is C13H17FN2O. The fourth-order valence-corrected chi connectivity index (χ4v) is 2.59. The highest BCUT2D eigenvalue weighted by Gasteiger charge is 2.31. The molecule has 2 rings (SSSR count). The van der Waals surface area contributed by atoms with Gasteiger partial charge < -0.3 is 10.2 Å². The number of nitrogens with zero attached hydrogens (tertiary/aromatic N) is 1. The van der Waals surface area contributed by atoms with Crippen molar-refractivity contribution >= 4 is 11.6 Å². The van der Waals surface area contributed by atoms with Crippen LogP contribution in [-0.2, 0) is 4.79 Å². The van der Waals surface area contributed by atoms with E-state index in [2.05, 4.69) is 5.32 Å². The molecule has 0 saturated carbocycles. The molecule has 0 spiro atoms. The number of hydrogen-bond acceptors (Lipinski definition) is 2. The molecule has 1 aromatic rings. The zero-order valence-electron chi connectivity index (χ0n) is 10.3. The van der Waals surface area contributed by atoms with Gasteiger partial charge >= 0.3 is 0 Å². The van der Waals surface area contributed by atoms with Gasteiger partial charge in [-0.2, -0.15) is 0 Å². The number of rotatable bonds is 1. The Bertz CT molecular complexity index is 447. The number of nitrogens with one attached hydrogen (secondary N) is 1. The van der Waals surface area contributed by atoms with E-state index in [9.17, 15) is 9.18 Å². The van der Waals surface area contributed by atoms with Crippen LogP contribution in [0.1, 0.15) is 31.9 Å². The quantitative estimate of drug-likeness (QED) is 0.811. The van der Waals surface area contributed by atoms with E-state index in [1.807, 2.05) is 14.0 Å². The van der Waals surface area contributed by atoms with E-state index in [0.29, 0.717) is 0 Å². The summed E-state index contributed by atoms with van der Waals surface area (Å²) < 4.78 is 13.3. The maximum absolute atomic E-state index is 13.3. The number of fused-ring (bicyclic) bond motifs is 1. The van der Waals surface area contributed by atoms with E-state index in [4.69, 9.17) is 0 Å². The molecular weight excluding hydrogens is 219 g/mol. The zero-order chi connectivity index (χ0) is 12.6. The van der Waals surface area contributed by atoms with Crippen molar-refractivity contribution in [3.05, 3.63) is 29.6 Å². The molecule has 1 aliphatic heterocycles. The lowest BCUT2D eigenvalue weighted by molar-refractivity contribution is -0.117. The monoisotopic (exact) mass is 236 g/mol. The Labute approximate surface area is 101 Å². The third-order valence-corrected chi connectivity index (χ3v) is 3.33. The van der Waals surface area contributed by atoms with E-state index in [0.717, 1.165) is 17.7 Å². The molecule has 2 unspecified atom stereocenters. The summed E-state index contributed by atoms with van der Waals surface area (Å²) in [7, 11) is 1.86. The molecule has 3 nitrogen and oxygen atoms in total. The van der Waals surface area contributed by atoms with E-state index in [-0.39, 0.29) is 23.8 Å². The van der Waals surface area contributed by atoms with Crippen molar-refractivity contribution in [1.82, 2.24) is 5.32 Å². The van der Waals surface area contributed by atoms with Crippen LogP contribution in [0.2, 0.25) is 0 Å². The fraction of sp³-hybridized carbons (Fsp3) is 0.462. The Kier molecular flexibility index (Phi) is 3.15. The maximum Gasteiger partial charge on any atom is 0.224 e. The first kappa shape index (κ1) is 12.0. The first-order chi connectivity index (χ1) is 8.04. The number of hydrogen-bond donors (Lipinski definition) is 1. The molecule has 17 heavy (non-hydrogen) atoms. The average Bonchev–Trinajstić information content (AvgIpc) is 2.27. The minimum atomic E-state index is -0.262. The summed E-state index contributed by atoms with van der Waals surface area (Å²) in [6, 6.07) is 4.83. The molecule has 1 heterocycles. The Hall–Kier alpha value is -1.42. The lowest BCUT2D eigenvalue weighted by Gasteiger charge is -2.38. The van der Waals surface area contributed by atoms with Gasteiger partial charge in [0, 0.05) is 24.7 Å². The number of carbonyl (C=O) groups is 1. The number of anilines is 1. The van der Waals surface area contributed by atoms with E-state index < -0.39 is 0 Å². The van der Waals surface area contributed by atoms with Crippen molar-refractivity contribution in [2.24, 2.45) is 0 Å². The molecule has 0 saturated heterocycles. The molecule has 0 radical (unpaired) electrons. The van der Waals surface area contributed by atoms with Crippen LogP contribution in [0.5, 0.6) is 0 Å². The average molecular weight is 236 g/mol. The lowest BCUT2D eigenvalue weighted by atomic mass is 9.91. The lowest BCUT2D eigenvalue weighted by Crippen LogP contribution is -2.44. The van der Waals surface area contributed by atoms with Crippen molar-refractivity contribution in [3.63, 3.8) is 0 Å². The van der Waals surface area contributed by atoms with Crippen LogP contribution in [0, 0.1) is 5.82 Å². The van der Waals surface area contributed by atoms with Crippen molar-refractivity contribution in [1.29, 1.82) is 0 Å². The van der Waals surface area contributed by atoms with Gasteiger partial charge in [0.15, 0.2) is 0 Å². The van der Waals surface area contributed by atoms with Gasteiger partial charge in [0.25, 0.3) is 0 Å². The van der Waals surface area contributed by atoms with Crippen molar-refractivity contribution in [3.8, 4) is 0 Å². The summed E-state index contributed by atoms with van der Waals surface area (Å²) in [5.41, 5.74) is 1.68. The largest absolute Gasteiger partial charge is 0.313 e. The second-order valence-corrected chi connectivity index (χ2v) is 4.52. The number of carbonyl (C=O) groups excluding carboxylic acids is 1.